The predicted octanol–water partition coefficient (Wildman–Crippen LogP) is 1.82. The summed E-state index contributed by atoms with van der Waals surface area (Å²) >= 11 is 0. The van der Waals surface area contributed by atoms with Gasteiger partial charge >= 0.3 is 5.97 Å². The molecule has 0 rings (SSSR count). The molecule has 4 heteroatoms. The van der Waals surface area contributed by atoms with Gasteiger partial charge < -0.3 is 9.94 Å². The summed E-state index contributed by atoms with van der Waals surface area (Å²) < 4.78 is 4.44. The Morgan fingerprint density at radius 3 is 2.31 bits per heavy atom. The number of carbonyl (C=O) groups is 1. The monoisotopic (exact) mass is 187 g/mol. The van der Waals surface area contributed by atoms with Gasteiger partial charge in [-0.3, -0.25) is 0 Å². The molecule has 1 N–H and O–H groups in total. The van der Waals surface area contributed by atoms with Crippen molar-refractivity contribution in [1.29, 1.82) is 0 Å². The van der Waals surface area contributed by atoms with Crippen molar-refractivity contribution in [2.24, 2.45) is 10.6 Å². The Balaban J connectivity index is 4.10. The Morgan fingerprint density at radius 1 is 1.46 bits per heavy atom. The van der Waals surface area contributed by atoms with E-state index in [1.807, 2.05) is 0 Å². The molecule has 0 aliphatic rings. The molecule has 0 aromatic heterocycles. The lowest BCUT2D eigenvalue weighted by atomic mass is 9.89. The van der Waals surface area contributed by atoms with Crippen LogP contribution in [0.4, 0.5) is 0 Å². The van der Waals surface area contributed by atoms with Crippen LogP contribution >= 0.6 is 0 Å². The average Bonchev–Trinajstić information content (AvgIpc) is 2.03. The van der Waals surface area contributed by atoms with Crippen LogP contribution < -0.4 is 0 Å². The molecule has 0 heterocycles. The molecule has 0 aromatic rings. The number of hydrogen-bond donors (Lipinski definition) is 1. The summed E-state index contributed by atoms with van der Waals surface area (Å²) in [6.45, 7) is 6.16. The molecule has 0 atom stereocenters. The molecule has 0 saturated heterocycles. The Labute approximate surface area is 78.6 Å². The number of esters is 1. The van der Waals surface area contributed by atoms with Crippen molar-refractivity contribution in [3.63, 3.8) is 0 Å². The summed E-state index contributed by atoms with van der Waals surface area (Å²) in [6.07, 6.45) is 1.22. The lowest BCUT2D eigenvalue weighted by Crippen LogP contribution is -2.18. The van der Waals surface area contributed by atoms with Gasteiger partial charge in [-0.2, -0.15) is 0 Å². The summed E-state index contributed by atoms with van der Waals surface area (Å²) in [7, 11) is 1.27. The lowest BCUT2D eigenvalue weighted by Gasteiger charge is -2.17. The van der Waals surface area contributed by atoms with E-state index in [2.05, 4.69) is 30.7 Å². The molecule has 76 valence electrons. The molecule has 0 aliphatic carbocycles. The molecule has 0 bridgehead atoms. The quantitative estimate of drug-likeness (QED) is 0.317. The molecular weight excluding hydrogens is 170 g/mol. The first-order valence-corrected chi connectivity index (χ1v) is 4.20. The van der Waals surface area contributed by atoms with Gasteiger partial charge in [-0.05, 0) is 11.8 Å². The highest BCUT2D eigenvalue weighted by molar-refractivity contribution is 6.36. The van der Waals surface area contributed by atoms with Gasteiger partial charge in [0.2, 0.25) is 0 Å². The minimum Gasteiger partial charge on any atom is -0.464 e. The summed E-state index contributed by atoms with van der Waals surface area (Å²) in [5.74, 6) is -0.563. The molecule has 13 heavy (non-hydrogen) atoms. The van der Waals surface area contributed by atoms with E-state index in [4.69, 9.17) is 5.21 Å². The van der Waals surface area contributed by atoms with Crippen LogP contribution in [0.3, 0.4) is 0 Å². The zero-order chi connectivity index (χ0) is 10.5. The Morgan fingerprint density at radius 2 is 2.00 bits per heavy atom. The fourth-order valence-electron chi connectivity index (χ4n) is 0.804. The van der Waals surface area contributed by atoms with Gasteiger partial charge in [-0.1, -0.05) is 25.9 Å². The summed E-state index contributed by atoms with van der Waals surface area (Å²) in [5, 5.41) is 11.4. The Kier molecular flexibility index (Phi) is 4.45. The van der Waals surface area contributed by atoms with Crippen LogP contribution in [0.25, 0.3) is 0 Å². The van der Waals surface area contributed by atoms with Crippen LogP contribution in [-0.2, 0) is 9.53 Å². The van der Waals surface area contributed by atoms with Crippen molar-refractivity contribution < 1.29 is 14.7 Å². The van der Waals surface area contributed by atoms with Gasteiger partial charge in [0.25, 0.3) is 0 Å². The number of rotatable bonds is 3. The fourth-order valence-corrected chi connectivity index (χ4v) is 0.804. The van der Waals surface area contributed by atoms with Crippen LogP contribution in [0.2, 0.25) is 0 Å². The number of carbonyl (C=O) groups excluding carboxylic acids is 1. The molecular formula is C9H17NO3. The van der Waals surface area contributed by atoms with E-state index in [1.165, 1.54) is 7.11 Å². The highest BCUT2D eigenvalue weighted by Crippen LogP contribution is 2.20. The summed E-state index contributed by atoms with van der Waals surface area (Å²) in [4.78, 5) is 10.9. The molecule has 0 spiro atoms. The molecule has 0 amide bonds. The highest BCUT2D eigenvalue weighted by Gasteiger charge is 2.17. The van der Waals surface area contributed by atoms with Crippen molar-refractivity contribution in [3.8, 4) is 0 Å². The first-order valence-electron chi connectivity index (χ1n) is 4.20. The molecule has 0 unspecified atom stereocenters. The fraction of sp³-hybridized carbons (Fsp3) is 0.778. The van der Waals surface area contributed by atoms with E-state index < -0.39 is 5.97 Å². The van der Waals surface area contributed by atoms with E-state index in [9.17, 15) is 4.79 Å². The smallest absolute Gasteiger partial charge is 0.355 e. The van der Waals surface area contributed by atoms with Gasteiger partial charge in [-0.25, -0.2) is 4.79 Å². The normalized spacial score (nSPS) is 12.8. The van der Waals surface area contributed by atoms with Gasteiger partial charge in [0.15, 0.2) is 5.71 Å². The number of oxime groups is 1. The number of hydrogen-bond acceptors (Lipinski definition) is 4. The molecule has 0 fully saturated rings. The van der Waals surface area contributed by atoms with Gasteiger partial charge in [0.1, 0.15) is 0 Å². The van der Waals surface area contributed by atoms with Crippen molar-refractivity contribution in [2.45, 2.75) is 33.6 Å². The number of methoxy groups -OCH3 is 1. The van der Waals surface area contributed by atoms with Crippen molar-refractivity contribution in [1.82, 2.24) is 0 Å². The Bertz CT molecular complexity index is 203. The topological polar surface area (TPSA) is 58.9 Å². The third-order valence-corrected chi connectivity index (χ3v) is 1.65. The second kappa shape index (κ2) is 4.84. The van der Waals surface area contributed by atoms with Crippen molar-refractivity contribution in [2.75, 3.05) is 7.11 Å². The van der Waals surface area contributed by atoms with Gasteiger partial charge in [0.05, 0.1) is 7.11 Å². The van der Waals surface area contributed by atoms with Gasteiger partial charge in [-0.15, -0.1) is 0 Å². The van der Waals surface area contributed by atoms with Gasteiger partial charge in [0, 0.05) is 6.42 Å². The third-order valence-electron chi connectivity index (χ3n) is 1.65. The first kappa shape index (κ1) is 11.9. The zero-order valence-electron chi connectivity index (χ0n) is 8.63. The maximum absolute atomic E-state index is 10.9. The largest absolute Gasteiger partial charge is 0.464 e. The third kappa shape index (κ3) is 5.22. The predicted molar refractivity (Wildman–Crippen MR) is 49.9 cm³/mol. The zero-order valence-corrected chi connectivity index (χ0v) is 8.63. The second-order valence-corrected chi connectivity index (χ2v) is 4.10. The van der Waals surface area contributed by atoms with E-state index in [0.717, 1.165) is 6.42 Å². The molecule has 0 aliphatic heterocycles. The van der Waals surface area contributed by atoms with Crippen LogP contribution in [0.5, 0.6) is 0 Å². The molecule has 0 aromatic carbocycles. The number of nitrogens with zero attached hydrogens (tertiary/aromatic N) is 1. The minimum atomic E-state index is -0.563. The van der Waals surface area contributed by atoms with Crippen LogP contribution in [0.1, 0.15) is 33.6 Å². The van der Waals surface area contributed by atoms with E-state index in [1.54, 1.807) is 0 Å². The lowest BCUT2D eigenvalue weighted by molar-refractivity contribution is -0.133. The highest BCUT2D eigenvalue weighted by atomic mass is 16.5. The SMILES string of the molecule is COC(=O)C(CCC(C)(C)C)=NO. The van der Waals surface area contributed by atoms with E-state index >= 15 is 0 Å². The first-order chi connectivity index (χ1) is 5.90. The van der Waals surface area contributed by atoms with Crippen molar-refractivity contribution >= 4 is 11.7 Å². The molecule has 0 saturated carbocycles. The Hall–Kier alpha value is -1.06. The summed E-state index contributed by atoms with van der Waals surface area (Å²) in [5.41, 5.74) is 0.196. The minimum absolute atomic E-state index is 0.0809. The van der Waals surface area contributed by atoms with Crippen LogP contribution in [-0.4, -0.2) is 24.0 Å². The van der Waals surface area contributed by atoms with Crippen LogP contribution in [0, 0.1) is 5.41 Å². The summed E-state index contributed by atoms with van der Waals surface area (Å²) in [6, 6.07) is 0. The second-order valence-electron chi connectivity index (χ2n) is 4.10. The maximum Gasteiger partial charge on any atom is 0.355 e. The van der Waals surface area contributed by atoms with E-state index in [-0.39, 0.29) is 11.1 Å². The maximum atomic E-state index is 10.9. The molecule has 4 nitrogen and oxygen atoms in total. The average molecular weight is 187 g/mol. The standard InChI is InChI=1S/C9H17NO3/c1-9(2,3)6-5-7(10-12)8(11)13-4/h12H,5-6H2,1-4H3. The van der Waals surface area contributed by atoms with Crippen LogP contribution in [0.15, 0.2) is 5.16 Å². The van der Waals surface area contributed by atoms with Crippen molar-refractivity contribution in [3.05, 3.63) is 0 Å². The van der Waals surface area contributed by atoms with E-state index in [0.29, 0.717) is 6.42 Å². The molecule has 0 radical (unpaired) electrons. The number of ether oxygens (including phenoxy) is 1.